The van der Waals surface area contributed by atoms with Gasteiger partial charge in [-0.05, 0) is 38.3 Å². The molecule has 7 nitrogen and oxygen atoms in total. The zero-order valence-electron chi connectivity index (χ0n) is 15.6. The van der Waals surface area contributed by atoms with E-state index in [1.54, 1.807) is 10.7 Å². The second-order valence-electron chi connectivity index (χ2n) is 7.13. The van der Waals surface area contributed by atoms with Crippen molar-refractivity contribution in [1.82, 2.24) is 14.7 Å². The second kappa shape index (κ2) is 7.52. The van der Waals surface area contributed by atoms with E-state index >= 15 is 0 Å². The minimum Gasteiger partial charge on any atom is -0.481 e. The van der Waals surface area contributed by atoms with Crippen molar-refractivity contribution in [2.24, 2.45) is 5.41 Å². The van der Waals surface area contributed by atoms with Gasteiger partial charge in [-0.1, -0.05) is 30.3 Å². The summed E-state index contributed by atoms with van der Waals surface area (Å²) in [5.74, 6) is -1.25. The fraction of sp³-hybridized carbons (Fsp3) is 0.450. The quantitative estimate of drug-likeness (QED) is 0.835. The van der Waals surface area contributed by atoms with Gasteiger partial charge in [0.1, 0.15) is 11.1 Å². The highest BCUT2D eigenvalue weighted by atomic mass is 16.4. The lowest BCUT2D eigenvalue weighted by atomic mass is 9.71. The van der Waals surface area contributed by atoms with E-state index in [1.165, 1.54) is 4.90 Å². The molecule has 1 aliphatic rings. The lowest BCUT2D eigenvalue weighted by Gasteiger charge is -2.42. The molecule has 7 heteroatoms. The van der Waals surface area contributed by atoms with Gasteiger partial charge in [-0.2, -0.15) is 5.10 Å². The Labute approximate surface area is 158 Å². The highest BCUT2D eigenvalue weighted by Crippen LogP contribution is 2.36. The number of aliphatic hydroxyl groups excluding tert-OH is 1. The molecule has 0 bridgehead atoms. The molecule has 1 fully saturated rings. The van der Waals surface area contributed by atoms with Crippen LogP contribution in [0.4, 0.5) is 0 Å². The molecule has 2 N–H and O–H groups in total. The standard InChI is InChI=1S/C20H25N3O4/c1-3-23-16(11-14(2)21-23)18(25)22-10-9-20(19(26)27,17(24)13-22)12-15-7-5-4-6-8-15/h4-8,11,17,24H,3,9-10,12-13H2,1-2H3,(H,26,27)/t17-,20-/m1/s1. The van der Waals surface area contributed by atoms with Crippen molar-refractivity contribution in [2.75, 3.05) is 13.1 Å². The van der Waals surface area contributed by atoms with Crippen LogP contribution in [0.15, 0.2) is 36.4 Å². The third kappa shape index (κ3) is 3.60. The number of aliphatic carboxylic acids is 1. The van der Waals surface area contributed by atoms with Crippen molar-refractivity contribution in [2.45, 2.75) is 39.3 Å². The number of hydrogen-bond acceptors (Lipinski definition) is 4. The van der Waals surface area contributed by atoms with Crippen LogP contribution in [0.3, 0.4) is 0 Å². The number of aliphatic hydroxyl groups is 1. The van der Waals surface area contributed by atoms with Crippen LogP contribution in [0.5, 0.6) is 0 Å². The molecule has 0 unspecified atom stereocenters. The predicted molar refractivity (Wildman–Crippen MR) is 99.4 cm³/mol. The van der Waals surface area contributed by atoms with Crippen LogP contribution < -0.4 is 0 Å². The van der Waals surface area contributed by atoms with Gasteiger partial charge in [0.05, 0.1) is 11.8 Å². The number of piperidine rings is 1. The number of aromatic nitrogens is 2. The number of carbonyl (C=O) groups excluding carboxylic acids is 1. The molecule has 3 rings (SSSR count). The minimum absolute atomic E-state index is 0.00803. The Balaban J connectivity index is 1.80. The summed E-state index contributed by atoms with van der Waals surface area (Å²) >= 11 is 0. The third-order valence-corrected chi connectivity index (χ3v) is 5.36. The number of β-amino-alcohol motifs (C(OH)–C–C–N with tert-alkyl or cyclic N) is 1. The number of nitrogens with zero attached hydrogens (tertiary/aromatic N) is 3. The molecule has 2 aromatic rings. The first-order valence-electron chi connectivity index (χ1n) is 9.16. The normalized spacial score (nSPS) is 22.6. The Morgan fingerprint density at radius 3 is 2.59 bits per heavy atom. The van der Waals surface area contributed by atoms with Gasteiger partial charge in [-0.25, -0.2) is 0 Å². The lowest BCUT2D eigenvalue weighted by Crippen LogP contribution is -2.57. The molecule has 0 aliphatic carbocycles. The van der Waals surface area contributed by atoms with Crippen LogP contribution >= 0.6 is 0 Å². The smallest absolute Gasteiger partial charge is 0.312 e. The maximum absolute atomic E-state index is 12.9. The van der Waals surface area contributed by atoms with E-state index in [4.69, 9.17) is 0 Å². The van der Waals surface area contributed by atoms with E-state index < -0.39 is 17.5 Å². The molecule has 1 saturated heterocycles. The van der Waals surface area contributed by atoms with Crippen LogP contribution in [0.2, 0.25) is 0 Å². The predicted octanol–water partition coefficient (Wildman–Crippen LogP) is 1.73. The van der Waals surface area contributed by atoms with Gasteiger partial charge in [0.25, 0.3) is 5.91 Å². The zero-order chi connectivity index (χ0) is 19.6. The van der Waals surface area contributed by atoms with E-state index in [9.17, 15) is 19.8 Å². The maximum atomic E-state index is 12.9. The number of hydrogen-bond donors (Lipinski definition) is 2. The number of carboxylic acid groups (broad SMARTS) is 1. The van der Waals surface area contributed by atoms with Gasteiger partial charge in [0.15, 0.2) is 0 Å². The van der Waals surface area contributed by atoms with E-state index in [0.717, 1.165) is 11.3 Å². The number of likely N-dealkylation sites (tertiary alicyclic amines) is 1. The molecule has 2 atom stereocenters. The summed E-state index contributed by atoms with van der Waals surface area (Å²) < 4.78 is 1.63. The summed E-state index contributed by atoms with van der Waals surface area (Å²) in [6.07, 6.45) is -0.714. The van der Waals surface area contributed by atoms with Crippen molar-refractivity contribution in [3.05, 3.63) is 53.3 Å². The molecule has 1 aromatic carbocycles. The zero-order valence-corrected chi connectivity index (χ0v) is 15.6. The van der Waals surface area contributed by atoms with Gasteiger partial charge in [-0.15, -0.1) is 0 Å². The fourth-order valence-electron chi connectivity index (χ4n) is 3.77. The van der Waals surface area contributed by atoms with Crippen molar-refractivity contribution in [3.8, 4) is 0 Å². The van der Waals surface area contributed by atoms with Crippen molar-refractivity contribution in [1.29, 1.82) is 0 Å². The van der Waals surface area contributed by atoms with E-state index in [0.29, 0.717) is 12.2 Å². The van der Waals surface area contributed by atoms with Gasteiger partial charge in [-0.3, -0.25) is 14.3 Å². The average molecular weight is 371 g/mol. The molecule has 1 aliphatic heterocycles. The summed E-state index contributed by atoms with van der Waals surface area (Å²) in [5, 5.41) is 24.9. The number of rotatable bonds is 5. The number of carbonyl (C=O) groups is 2. The van der Waals surface area contributed by atoms with Crippen LogP contribution in [-0.4, -0.2) is 56.0 Å². The number of amides is 1. The summed E-state index contributed by atoms with van der Waals surface area (Å²) in [6.45, 7) is 4.57. The molecular weight excluding hydrogens is 346 g/mol. The van der Waals surface area contributed by atoms with Crippen molar-refractivity contribution in [3.63, 3.8) is 0 Å². The largest absolute Gasteiger partial charge is 0.481 e. The van der Waals surface area contributed by atoms with Gasteiger partial charge >= 0.3 is 5.97 Å². The Bertz CT molecular complexity index is 833. The highest BCUT2D eigenvalue weighted by Gasteiger charge is 2.49. The van der Waals surface area contributed by atoms with Crippen LogP contribution in [0, 0.1) is 12.3 Å². The lowest BCUT2D eigenvalue weighted by molar-refractivity contribution is -0.161. The first kappa shape index (κ1) is 19.1. The molecular formula is C20H25N3O4. The Morgan fingerprint density at radius 2 is 2.00 bits per heavy atom. The van der Waals surface area contributed by atoms with E-state index in [2.05, 4.69) is 5.10 Å². The number of aryl methyl sites for hydroxylation is 2. The fourth-order valence-corrected chi connectivity index (χ4v) is 3.77. The Hall–Kier alpha value is -2.67. The summed E-state index contributed by atoms with van der Waals surface area (Å²) in [5.41, 5.74) is 0.784. The van der Waals surface area contributed by atoms with E-state index in [-0.39, 0.29) is 31.8 Å². The molecule has 0 spiro atoms. The molecule has 1 amide bonds. The summed E-state index contributed by atoms with van der Waals surface area (Å²) in [4.78, 5) is 26.5. The van der Waals surface area contributed by atoms with E-state index in [1.807, 2.05) is 44.2 Å². The highest BCUT2D eigenvalue weighted by molar-refractivity contribution is 5.93. The first-order valence-corrected chi connectivity index (χ1v) is 9.16. The molecule has 0 radical (unpaired) electrons. The van der Waals surface area contributed by atoms with Gasteiger partial charge in [0, 0.05) is 19.6 Å². The maximum Gasteiger partial charge on any atom is 0.312 e. The van der Waals surface area contributed by atoms with Crippen molar-refractivity contribution >= 4 is 11.9 Å². The number of benzene rings is 1. The first-order chi connectivity index (χ1) is 12.9. The second-order valence-corrected chi connectivity index (χ2v) is 7.13. The third-order valence-electron chi connectivity index (χ3n) is 5.36. The van der Waals surface area contributed by atoms with Gasteiger partial charge in [0.2, 0.25) is 0 Å². The summed E-state index contributed by atoms with van der Waals surface area (Å²) in [7, 11) is 0. The molecule has 0 saturated carbocycles. The average Bonchev–Trinajstić information content (AvgIpc) is 3.04. The Kier molecular flexibility index (Phi) is 5.32. The molecule has 144 valence electrons. The van der Waals surface area contributed by atoms with Crippen LogP contribution in [0.25, 0.3) is 0 Å². The minimum atomic E-state index is -1.29. The van der Waals surface area contributed by atoms with Gasteiger partial charge < -0.3 is 15.1 Å². The monoisotopic (exact) mass is 371 g/mol. The van der Waals surface area contributed by atoms with Crippen molar-refractivity contribution < 1.29 is 19.8 Å². The topological polar surface area (TPSA) is 95.7 Å². The molecule has 2 heterocycles. The van der Waals surface area contributed by atoms with Crippen LogP contribution in [-0.2, 0) is 17.8 Å². The number of carboxylic acids is 1. The van der Waals surface area contributed by atoms with Crippen LogP contribution in [0.1, 0.15) is 35.1 Å². The molecule has 27 heavy (non-hydrogen) atoms. The Morgan fingerprint density at radius 1 is 1.30 bits per heavy atom. The SMILES string of the molecule is CCn1nc(C)cc1C(=O)N1CC[C@](Cc2ccccc2)(C(=O)O)[C@H](O)C1. The molecule has 1 aromatic heterocycles. The summed E-state index contributed by atoms with van der Waals surface area (Å²) in [6, 6.07) is 11.0.